The van der Waals surface area contributed by atoms with Gasteiger partial charge in [0.25, 0.3) is 5.91 Å². The highest BCUT2D eigenvalue weighted by molar-refractivity contribution is 7.91. The number of rotatable bonds is 8. The van der Waals surface area contributed by atoms with Crippen LogP contribution >= 0.6 is 0 Å². The van der Waals surface area contributed by atoms with Gasteiger partial charge in [-0.1, -0.05) is 42.5 Å². The fraction of sp³-hybridized carbons (Fsp3) is 0.211. The average molecular weight is 343 g/mol. The van der Waals surface area contributed by atoms with Gasteiger partial charge < -0.3 is 5.32 Å². The summed E-state index contributed by atoms with van der Waals surface area (Å²) in [5.41, 5.74) is 0.571. The lowest BCUT2D eigenvalue weighted by Gasteiger charge is -2.15. The monoisotopic (exact) mass is 343 g/mol. The van der Waals surface area contributed by atoms with Crippen LogP contribution < -0.4 is 5.32 Å². The van der Waals surface area contributed by atoms with E-state index in [4.69, 9.17) is 0 Å². The molecule has 0 heterocycles. The van der Waals surface area contributed by atoms with Gasteiger partial charge in [-0.25, -0.2) is 8.42 Å². The van der Waals surface area contributed by atoms with Crippen LogP contribution in [0.2, 0.25) is 0 Å². The number of amides is 1. The third kappa shape index (κ3) is 5.06. The number of benzene rings is 2. The van der Waals surface area contributed by atoms with E-state index in [2.05, 4.69) is 11.9 Å². The summed E-state index contributed by atoms with van der Waals surface area (Å²) in [4.78, 5) is 12.4. The van der Waals surface area contributed by atoms with Crippen LogP contribution in [0.3, 0.4) is 0 Å². The molecule has 0 spiro atoms. The van der Waals surface area contributed by atoms with Gasteiger partial charge in [0.05, 0.1) is 10.6 Å². The van der Waals surface area contributed by atoms with Gasteiger partial charge in [0.2, 0.25) is 0 Å². The normalized spacial score (nSPS) is 12.3. The van der Waals surface area contributed by atoms with Gasteiger partial charge in [-0.15, -0.1) is 6.58 Å². The van der Waals surface area contributed by atoms with Crippen LogP contribution in [-0.2, 0) is 9.84 Å². The smallest absolute Gasteiger partial charge is 0.251 e. The van der Waals surface area contributed by atoms with Crippen molar-refractivity contribution in [3.05, 3.63) is 78.9 Å². The van der Waals surface area contributed by atoms with Crippen LogP contribution in [0.5, 0.6) is 0 Å². The molecule has 24 heavy (non-hydrogen) atoms. The summed E-state index contributed by atoms with van der Waals surface area (Å²) in [6, 6.07) is 17.0. The van der Waals surface area contributed by atoms with E-state index >= 15 is 0 Å². The Balaban J connectivity index is 1.88. The van der Waals surface area contributed by atoms with E-state index in [0.717, 1.165) is 0 Å². The maximum atomic E-state index is 12.2. The van der Waals surface area contributed by atoms with Crippen molar-refractivity contribution in [1.29, 1.82) is 0 Å². The molecule has 0 radical (unpaired) electrons. The molecule has 0 saturated heterocycles. The molecule has 1 amide bonds. The van der Waals surface area contributed by atoms with Crippen molar-refractivity contribution in [3.63, 3.8) is 0 Å². The second-order valence-electron chi connectivity index (χ2n) is 5.46. The second-order valence-corrected chi connectivity index (χ2v) is 7.56. The Labute approximate surface area is 143 Å². The fourth-order valence-electron chi connectivity index (χ4n) is 2.33. The zero-order valence-electron chi connectivity index (χ0n) is 13.4. The number of hydrogen-bond donors (Lipinski definition) is 1. The summed E-state index contributed by atoms with van der Waals surface area (Å²) in [5, 5.41) is 2.86. The van der Waals surface area contributed by atoms with E-state index in [1.807, 2.05) is 6.07 Å². The van der Waals surface area contributed by atoms with E-state index in [1.165, 1.54) is 0 Å². The minimum Gasteiger partial charge on any atom is -0.346 e. The van der Waals surface area contributed by atoms with Crippen molar-refractivity contribution in [2.75, 3.05) is 5.75 Å². The molecule has 2 rings (SSSR count). The summed E-state index contributed by atoms with van der Waals surface area (Å²) in [6.07, 6.45) is 2.60. The largest absolute Gasteiger partial charge is 0.346 e. The van der Waals surface area contributed by atoms with E-state index in [9.17, 15) is 13.2 Å². The van der Waals surface area contributed by atoms with Crippen molar-refractivity contribution in [1.82, 2.24) is 5.32 Å². The number of hydrogen-bond acceptors (Lipinski definition) is 3. The molecule has 2 aromatic carbocycles. The SMILES string of the molecule is C=C[C@@H](CCCS(=O)(=O)c1ccccc1)NC(=O)c1ccccc1. The van der Waals surface area contributed by atoms with Gasteiger partial charge in [0.15, 0.2) is 9.84 Å². The Morgan fingerprint density at radius 2 is 1.62 bits per heavy atom. The van der Waals surface area contributed by atoms with E-state index in [1.54, 1.807) is 60.7 Å². The summed E-state index contributed by atoms with van der Waals surface area (Å²) < 4.78 is 24.5. The first-order chi connectivity index (χ1) is 11.5. The van der Waals surface area contributed by atoms with E-state index in [-0.39, 0.29) is 17.7 Å². The molecule has 0 saturated carbocycles. The molecule has 0 unspecified atom stereocenters. The Morgan fingerprint density at radius 3 is 2.21 bits per heavy atom. The summed E-state index contributed by atoms with van der Waals surface area (Å²) in [5.74, 6) is -0.144. The predicted molar refractivity (Wildman–Crippen MR) is 95.6 cm³/mol. The Bertz CT molecular complexity index is 771. The fourth-order valence-corrected chi connectivity index (χ4v) is 3.68. The molecule has 0 bridgehead atoms. The van der Waals surface area contributed by atoms with Crippen LogP contribution in [0, 0.1) is 0 Å². The van der Waals surface area contributed by atoms with Gasteiger partial charge >= 0.3 is 0 Å². The van der Waals surface area contributed by atoms with Crippen molar-refractivity contribution in [3.8, 4) is 0 Å². The first-order valence-electron chi connectivity index (χ1n) is 7.79. The molecule has 0 aliphatic heterocycles. The maximum absolute atomic E-state index is 12.2. The van der Waals surface area contributed by atoms with Gasteiger partial charge in [-0.3, -0.25) is 4.79 Å². The van der Waals surface area contributed by atoms with Gasteiger partial charge in [-0.05, 0) is 37.1 Å². The lowest BCUT2D eigenvalue weighted by Crippen LogP contribution is -2.33. The quantitative estimate of drug-likeness (QED) is 0.749. The zero-order valence-corrected chi connectivity index (χ0v) is 14.2. The molecule has 1 atom stereocenters. The third-order valence-corrected chi connectivity index (χ3v) is 5.48. The molecule has 126 valence electrons. The molecule has 0 aliphatic carbocycles. The van der Waals surface area contributed by atoms with Crippen molar-refractivity contribution < 1.29 is 13.2 Å². The second kappa shape index (κ2) is 8.45. The Hall–Kier alpha value is -2.40. The van der Waals surface area contributed by atoms with Crippen LogP contribution in [0.1, 0.15) is 23.2 Å². The predicted octanol–water partition coefficient (Wildman–Crippen LogP) is 3.23. The summed E-state index contributed by atoms with van der Waals surface area (Å²) >= 11 is 0. The van der Waals surface area contributed by atoms with Crippen LogP contribution in [0.25, 0.3) is 0 Å². The number of carbonyl (C=O) groups is 1. The highest BCUT2D eigenvalue weighted by atomic mass is 32.2. The first kappa shape index (κ1) is 17.9. The van der Waals surface area contributed by atoms with E-state index in [0.29, 0.717) is 23.3 Å². The average Bonchev–Trinajstić information content (AvgIpc) is 2.62. The molecule has 4 nitrogen and oxygen atoms in total. The molecule has 5 heteroatoms. The molecule has 0 aromatic heterocycles. The molecule has 0 fully saturated rings. The lowest BCUT2D eigenvalue weighted by atomic mass is 10.1. The van der Waals surface area contributed by atoms with Crippen molar-refractivity contribution in [2.24, 2.45) is 0 Å². The van der Waals surface area contributed by atoms with Crippen LogP contribution in [0.4, 0.5) is 0 Å². The first-order valence-corrected chi connectivity index (χ1v) is 9.44. The lowest BCUT2D eigenvalue weighted by molar-refractivity contribution is 0.0943. The molecule has 0 aliphatic rings. The molecular weight excluding hydrogens is 322 g/mol. The van der Waals surface area contributed by atoms with Gasteiger partial charge in [0, 0.05) is 11.6 Å². The highest BCUT2D eigenvalue weighted by Crippen LogP contribution is 2.13. The maximum Gasteiger partial charge on any atom is 0.251 e. The number of sulfone groups is 1. The molecule has 1 N–H and O–H groups in total. The Kier molecular flexibility index (Phi) is 6.32. The van der Waals surface area contributed by atoms with Gasteiger partial charge in [-0.2, -0.15) is 0 Å². The van der Waals surface area contributed by atoms with E-state index < -0.39 is 9.84 Å². The Morgan fingerprint density at radius 1 is 1.04 bits per heavy atom. The van der Waals surface area contributed by atoms with Crippen LogP contribution in [0.15, 0.2) is 78.2 Å². The molecule has 2 aromatic rings. The highest BCUT2D eigenvalue weighted by Gasteiger charge is 2.16. The zero-order chi connectivity index (χ0) is 17.4. The molecular formula is C19H21NO3S. The van der Waals surface area contributed by atoms with Gasteiger partial charge in [0.1, 0.15) is 0 Å². The van der Waals surface area contributed by atoms with Crippen molar-refractivity contribution >= 4 is 15.7 Å². The minimum atomic E-state index is -3.29. The van der Waals surface area contributed by atoms with Crippen LogP contribution in [-0.4, -0.2) is 26.1 Å². The number of nitrogens with one attached hydrogen (secondary N) is 1. The summed E-state index contributed by atoms with van der Waals surface area (Å²) in [6.45, 7) is 3.72. The standard InChI is InChI=1S/C19H21NO3S/c1-2-17(20-19(21)16-10-5-3-6-11-16)12-9-15-24(22,23)18-13-7-4-8-14-18/h2-8,10-11,13-14,17H,1,9,12,15H2,(H,20,21)/t17-/m0/s1. The minimum absolute atomic E-state index is 0.0442. The summed E-state index contributed by atoms with van der Waals surface area (Å²) in [7, 11) is -3.29. The topological polar surface area (TPSA) is 63.2 Å². The third-order valence-electron chi connectivity index (χ3n) is 3.67. The van der Waals surface area contributed by atoms with Crippen molar-refractivity contribution in [2.45, 2.75) is 23.8 Å². The number of carbonyl (C=O) groups excluding carboxylic acids is 1.